The monoisotopic (exact) mass is 455 g/mol. The molecule has 1 fully saturated rings. The lowest BCUT2D eigenvalue weighted by Crippen LogP contribution is -2.46. The lowest BCUT2D eigenvalue weighted by molar-refractivity contribution is -0.146. The number of methoxy groups -OCH3 is 1. The number of carbonyl (C=O) groups is 1. The number of nitrogens with zero attached hydrogens (tertiary/aromatic N) is 2. The summed E-state index contributed by atoms with van der Waals surface area (Å²) in [5, 5.41) is 3.34. The van der Waals surface area contributed by atoms with E-state index >= 15 is 0 Å². The summed E-state index contributed by atoms with van der Waals surface area (Å²) in [5.74, 6) is 1.46. The SMILES string of the molecule is CCNC(=NCCCOCC(C)C)N1CCC(C(=O)OC)CC1.I. The maximum absolute atomic E-state index is 11.6. The van der Waals surface area contributed by atoms with Gasteiger partial charge in [-0.2, -0.15) is 0 Å². The van der Waals surface area contributed by atoms with Crippen molar-refractivity contribution in [3.8, 4) is 0 Å². The highest BCUT2D eigenvalue weighted by Gasteiger charge is 2.26. The van der Waals surface area contributed by atoms with Gasteiger partial charge in [-0.05, 0) is 32.1 Å². The molecule has 1 saturated heterocycles. The van der Waals surface area contributed by atoms with E-state index in [9.17, 15) is 4.79 Å². The van der Waals surface area contributed by atoms with Crippen molar-refractivity contribution < 1.29 is 14.3 Å². The van der Waals surface area contributed by atoms with Crippen LogP contribution in [0.2, 0.25) is 0 Å². The summed E-state index contributed by atoms with van der Waals surface area (Å²) in [6.45, 7) is 11.2. The highest BCUT2D eigenvalue weighted by molar-refractivity contribution is 14.0. The number of hydrogen-bond acceptors (Lipinski definition) is 4. The lowest BCUT2D eigenvalue weighted by atomic mass is 9.97. The van der Waals surface area contributed by atoms with Crippen LogP contribution in [0.4, 0.5) is 0 Å². The Bertz CT molecular complexity index is 370. The number of nitrogens with one attached hydrogen (secondary N) is 1. The molecule has 6 nitrogen and oxygen atoms in total. The first kappa shape index (κ1) is 23.4. The zero-order valence-corrected chi connectivity index (χ0v) is 17.9. The van der Waals surface area contributed by atoms with E-state index in [4.69, 9.17) is 9.47 Å². The van der Waals surface area contributed by atoms with Crippen molar-refractivity contribution in [2.45, 2.75) is 40.0 Å². The number of likely N-dealkylation sites (tertiary alicyclic amines) is 1. The molecule has 0 aromatic rings. The minimum Gasteiger partial charge on any atom is -0.469 e. The van der Waals surface area contributed by atoms with Crippen LogP contribution in [-0.4, -0.2) is 63.3 Å². The third-order valence-corrected chi connectivity index (χ3v) is 3.82. The van der Waals surface area contributed by atoms with Crippen molar-refractivity contribution >= 4 is 35.9 Å². The normalized spacial score (nSPS) is 16.0. The summed E-state index contributed by atoms with van der Waals surface area (Å²) < 4.78 is 10.4. The molecule has 0 amide bonds. The number of esters is 1. The summed E-state index contributed by atoms with van der Waals surface area (Å²) in [6, 6.07) is 0. The average molecular weight is 455 g/mol. The van der Waals surface area contributed by atoms with Crippen LogP contribution in [0.1, 0.15) is 40.0 Å². The zero-order valence-electron chi connectivity index (χ0n) is 15.5. The number of guanidine groups is 1. The van der Waals surface area contributed by atoms with Gasteiger partial charge in [0.05, 0.1) is 13.0 Å². The number of halogens is 1. The van der Waals surface area contributed by atoms with Crippen LogP contribution < -0.4 is 5.32 Å². The molecule has 1 rings (SSSR count). The molecule has 24 heavy (non-hydrogen) atoms. The highest BCUT2D eigenvalue weighted by Crippen LogP contribution is 2.18. The summed E-state index contributed by atoms with van der Waals surface area (Å²) >= 11 is 0. The van der Waals surface area contributed by atoms with Crippen molar-refractivity contribution in [3.05, 3.63) is 0 Å². The fraction of sp³-hybridized carbons (Fsp3) is 0.882. The number of rotatable bonds is 8. The van der Waals surface area contributed by atoms with Crippen molar-refractivity contribution in [1.29, 1.82) is 0 Å². The minimum atomic E-state index is -0.0890. The Balaban J connectivity index is 0.00000529. The number of hydrogen-bond donors (Lipinski definition) is 1. The first-order valence-electron chi connectivity index (χ1n) is 8.77. The van der Waals surface area contributed by atoms with Crippen molar-refractivity contribution in [2.24, 2.45) is 16.8 Å². The van der Waals surface area contributed by atoms with Crippen LogP contribution in [0, 0.1) is 11.8 Å². The lowest BCUT2D eigenvalue weighted by Gasteiger charge is -2.33. The van der Waals surface area contributed by atoms with Crippen LogP contribution in [0.3, 0.4) is 0 Å². The van der Waals surface area contributed by atoms with Gasteiger partial charge >= 0.3 is 5.97 Å². The minimum absolute atomic E-state index is 0. The molecule has 0 aromatic heterocycles. The van der Waals surface area contributed by atoms with Gasteiger partial charge in [0.1, 0.15) is 0 Å². The fourth-order valence-corrected chi connectivity index (χ4v) is 2.59. The van der Waals surface area contributed by atoms with Crippen LogP contribution >= 0.6 is 24.0 Å². The molecule has 0 spiro atoms. The summed E-state index contributed by atoms with van der Waals surface area (Å²) in [7, 11) is 1.46. The third kappa shape index (κ3) is 9.05. The van der Waals surface area contributed by atoms with Gasteiger partial charge in [-0.25, -0.2) is 0 Å². The quantitative estimate of drug-likeness (QED) is 0.200. The van der Waals surface area contributed by atoms with E-state index in [1.807, 2.05) is 0 Å². The van der Waals surface area contributed by atoms with Crippen molar-refractivity contribution in [1.82, 2.24) is 10.2 Å². The number of piperidine rings is 1. The Morgan fingerprint density at radius 1 is 1.33 bits per heavy atom. The van der Waals surface area contributed by atoms with Gasteiger partial charge in [0, 0.05) is 39.4 Å². The van der Waals surface area contributed by atoms with Crippen molar-refractivity contribution in [2.75, 3.05) is 46.5 Å². The number of carbonyl (C=O) groups excluding carboxylic acids is 1. The van der Waals surface area contributed by atoms with Gasteiger partial charge in [0.25, 0.3) is 0 Å². The smallest absolute Gasteiger partial charge is 0.308 e. The Morgan fingerprint density at radius 2 is 2.00 bits per heavy atom. The molecule has 1 aliphatic rings. The standard InChI is InChI=1S/C17H33N3O3.HI/c1-5-18-17(19-9-6-12-23-13-14(2)3)20-10-7-15(8-11-20)16(21)22-4;/h14-15H,5-13H2,1-4H3,(H,18,19);1H. The van der Waals surface area contributed by atoms with Crippen LogP contribution in [0.25, 0.3) is 0 Å². The molecule has 1 heterocycles. The van der Waals surface area contributed by atoms with E-state index < -0.39 is 0 Å². The first-order chi connectivity index (χ1) is 11.1. The van der Waals surface area contributed by atoms with E-state index in [0.29, 0.717) is 5.92 Å². The van der Waals surface area contributed by atoms with E-state index in [0.717, 1.165) is 64.6 Å². The molecular formula is C17H34IN3O3. The summed E-state index contributed by atoms with van der Waals surface area (Å²) in [5.41, 5.74) is 0. The third-order valence-electron chi connectivity index (χ3n) is 3.82. The molecule has 0 atom stereocenters. The molecule has 0 aromatic carbocycles. The predicted molar refractivity (Wildman–Crippen MR) is 108 cm³/mol. The Morgan fingerprint density at radius 3 is 2.54 bits per heavy atom. The molecule has 0 aliphatic carbocycles. The van der Waals surface area contributed by atoms with E-state index in [2.05, 4.69) is 36.0 Å². The van der Waals surface area contributed by atoms with E-state index in [1.165, 1.54) is 7.11 Å². The molecule has 1 aliphatic heterocycles. The topological polar surface area (TPSA) is 63.2 Å². The second kappa shape index (κ2) is 13.7. The Hall–Kier alpha value is -0.570. The van der Waals surface area contributed by atoms with Gasteiger partial charge in [-0.1, -0.05) is 13.8 Å². The maximum atomic E-state index is 11.6. The second-order valence-corrected chi connectivity index (χ2v) is 6.34. The Labute approximate surface area is 163 Å². The number of ether oxygens (including phenoxy) is 2. The first-order valence-corrected chi connectivity index (χ1v) is 8.77. The summed E-state index contributed by atoms with van der Waals surface area (Å²) in [6.07, 6.45) is 2.59. The largest absolute Gasteiger partial charge is 0.469 e. The predicted octanol–water partition coefficient (Wildman–Crippen LogP) is 2.52. The van der Waals surface area contributed by atoms with E-state index in [-0.39, 0.29) is 35.9 Å². The van der Waals surface area contributed by atoms with Crippen molar-refractivity contribution in [3.63, 3.8) is 0 Å². The highest BCUT2D eigenvalue weighted by atomic mass is 127. The fourth-order valence-electron chi connectivity index (χ4n) is 2.59. The van der Waals surface area contributed by atoms with Gasteiger partial charge in [-0.3, -0.25) is 9.79 Å². The van der Waals surface area contributed by atoms with Crippen LogP contribution in [-0.2, 0) is 14.3 Å². The number of aliphatic imine (C=N–C) groups is 1. The Kier molecular flexibility index (Phi) is 13.4. The maximum Gasteiger partial charge on any atom is 0.308 e. The molecular weight excluding hydrogens is 421 g/mol. The van der Waals surface area contributed by atoms with Gasteiger partial charge in [0.15, 0.2) is 5.96 Å². The van der Waals surface area contributed by atoms with Crippen LogP contribution in [0.15, 0.2) is 4.99 Å². The molecule has 0 saturated carbocycles. The van der Waals surface area contributed by atoms with Gasteiger partial charge in [-0.15, -0.1) is 24.0 Å². The molecule has 1 N–H and O–H groups in total. The van der Waals surface area contributed by atoms with Gasteiger partial charge < -0.3 is 19.7 Å². The summed E-state index contributed by atoms with van der Waals surface area (Å²) in [4.78, 5) is 18.5. The second-order valence-electron chi connectivity index (χ2n) is 6.34. The van der Waals surface area contributed by atoms with Gasteiger partial charge in [0.2, 0.25) is 0 Å². The van der Waals surface area contributed by atoms with E-state index in [1.54, 1.807) is 0 Å². The molecule has 0 bridgehead atoms. The molecule has 142 valence electrons. The molecule has 0 unspecified atom stereocenters. The average Bonchev–Trinajstić information content (AvgIpc) is 2.56. The zero-order chi connectivity index (χ0) is 17.1. The molecule has 7 heteroatoms. The molecule has 0 radical (unpaired) electrons. The van der Waals surface area contributed by atoms with Crippen LogP contribution in [0.5, 0.6) is 0 Å².